The first-order chi connectivity index (χ1) is 13.5. The molecule has 1 atom stereocenters. The molecule has 8 nitrogen and oxygen atoms in total. The van der Waals surface area contributed by atoms with Gasteiger partial charge in [0.25, 0.3) is 5.56 Å². The van der Waals surface area contributed by atoms with Crippen LogP contribution < -0.4 is 26.4 Å². The second-order valence-electron chi connectivity index (χ2n) is 7.36. The van der Waals surface area contributed by atoms with Crippen molar-refractivity contribution in [1.29, 1.82) is 0 Å². The highest BCUT2D eigenvalue weighted by atomic mass is 16.3. The standard InChI is InChI=1S/C20H29N5O3/c1-23-14-25(19-17(23)18(27)22-20(28)24(19)2)11-7-6-10-16(26)13-21-12-15-8-4-3-5-9-15/h3-5,8-9,16,21,26H,6-7,10-14H2,1-2H3,(H,22,27,28). The number of aromatic nitrogens is 2. The SMILES string of the molecule is CN1CN(CCCCC(O)CNCc2ccccc2)c2c1c(=O)[nH]c(=O)n2C. The molecule has 28 heavy (non-hydrogen) atoms. The average molecular weight is 387 g/mol. The molecule has 8 heteroatoms. The van der Waals surface area contributed by atoms with Crippen LogP contribution in [0, 0.1) is 0 Å². The topological polar surface area (TPSA) is 93.6 Å². The van der Waals surface area contributed by atoms with Gasteiger partial charge in [0.05, 0.1) is 12.8 Å². The summed E-state index contributed by atoms with van der Waals surface area (Å²) in [6.45, 7) is 2.63. The number of aliphatic hydroxyl groups is 1. The molecule has 1 aromatic carbocycles. The first-order valence-corrected chi connectivity index (χ1v) is 9.69. The van der Waals surface area contributed by atoms with Crippen molar-refractivity contribution in [3.63, 3.8) is 0 Å². The maximum absolute atomic E-state index is 12.1. The predicted molar refractivity (Wildman–Crippen MR) is 111 cm³/mol. The van der Waals surface area contributed by atoms with Crippen LogP contribution in [-0.4, -0.2) is 47.6 Å². The Kier molecular flexibility index (Phi) is 6.53. The lowest BCUT2D eigenvalue weighted by Gasteiger charge is -2.20. The van der Waals surface area contributed by atoms with Gasteiger partial charge in [-0.2, -0.15) is 0 Å². The van der Waals surface area contributed by atoms with E-state index in [0.717, 1.165) is 25.9 Å². The highest BCUT2D eigenvalue weighted by molar-refractivity contribution is 5.71. The van der Waals surface area contributed by atoms with Gasteiger partial charge in [-0.3, -0.25) is 14.3 Å². The summed E-state index contributed by atoms with van der Waals surface area (Å²) in [7, 11) is 3.52. The highest BCUT2D eigenvalue weighted by Crippen LogP contribution is 2.29. The zero-order chi connectivity index (χ0) is 20.1. The number of aromatic amines is 1. The third kappa shape index (κ3) is 4.63. The summed E-state index contributed by atoms with van der Waals surface area (Å²) in [5.41, 5.74) is 0.992. The van der Waals surface area contributed by atoms with Crippen molar-refractivity contribution in [2.45, 2.75) is 31.9 Å². The summed E-state index contributed by atoms with van der Waals surface area (Å²) in [5, 5.41) is 13.4. The molecule has 0 fully saturated rings. The second-order valence-corrected chi connectivity index (χ2v) is 7.36. The molecule has 1 aliphatic rings. The number of H-pyrrole nitrogens is 1. The number of aliphatic hydroxyl groups excluding tert-OH is 1. The number of nitrogens with zero attached hydrogens (tertiary/aromatic N) is 3. The fraction of sp³-hybridized carbons (Fsp3) is 0.500. The summed E-state index contributed by atoms with van der Waals surface area (Å²) in [6.07, 6.45) is 2.08. The Morgan fingerprint density at radius 3 is 2.68 bits per heavy atom. The number of hydrogen-bond acceptors (Lipinski definition) is 6. The minimum Gasteiger partial charge on any atom is -0.392 e. The number of nitrogens with one attached hydrogen (secondary N) is 2. The molecule has 0 bridgehead atoms. The van der Waals surface area contributed by atoms with E-state index in [4.69, 9.17) is 0 Å². The molecule has 2 heterocycles. The maximum atomic E-state index is 12.1. The average Bonchev–Trinajstić information content (AvgIpc) is 3.01. The summed E-state index contributed by atoms with van der Waals surface area (Å²) < 4.78 is 1.49. The van der Waals surface area contributed by atoms with Gasteiger partial charge < -0.3 is 20.2 Å². The van der Waals surface area contributed by atoms with E-state index in [1.54, 1.807) is 7.05 Å². The monoisotopic (exact) mass is 387 g/mol. The van der Waals surface area contributed by atoms with Gasteiger partial charge in [0.1, 0.15) is 11.5 Å². The number of fused-ring (bicyclic) bond motifs is 1. The zero-order valence-corrected chi connectivity index (χ0v) is 16.5. The maximum Gasteiger partial charge on any atom is 0.329 e. The Bertz CT molecular complexity index is 893. The van der Waals surface area contributed by atoms with Gasteiger partial charge >= 0.3 is 5.69 Å². The summed E-state index contributed by atoms with van der Waals surface area (Å²) in [4.78, 5) is 30.2. The van der Waals surface area contributed by atoms with Gasteiger partial charge in [-0.15, -0.1) is 0 Å². The Morgan fingerprint density at radius 2 is 1.93 bits per heavy atom. The van der Waals surface area contributed by atoms with E-state index in [-0.39, 0.29) is 11.7 Å². The number of hydrogen-bond donors (Lipinski definition) is 3. The molecule has 152 valence electrons. The van der Waals surface area contributed by atoms with Gasteiger partial charge in [0.2, 0.25) is 0 Å². The fourth-order valence-electron chi connectivity index (χ4n) is 3.64. The molecule has 0 radical (unpaired) electrons. The van der Waals surface area contributed by atoms with Crippen LogP contribution in [0.15, 0.2) is 39.9 Å². The third-order valence-electron chi connectivity index (χ3n) is 5.10. The molecule has 3 rings (SSSR count). The number of unbranched alkanes of at least 4 members (excludes halogenated alkanes) is 1. The van der Waals surface area contributed by atoms with Gasteiger partial charge in [-0.25, -0.2) is 4.79 Å². The van der Waals surface area contributed by atoms with Crippen LogP contribution >= 0.6 is 0 Å². The van der Waals surface area contributed by atoms with Crippen LogP contribution in [0.2, 0.25) is 0 Å². The second kappa shape index (κ2) is 9.07. The van der Waals surface area contributed by atoms with Crippen molar-refractivity contribution in [3.05, 3.63) is 56.7 Å². The largest absolute Gasteiger partial charge is 0.392 e. The van der Waals surface area contributed by atoms with Gasteiger partial charge in [-0.05, 0) is 24.8 Å². The fourth-order valence-corrected chi connectivity index (χ4v) is 3.64. The molecule has 1 unspecified atom stereocenters. The van der Waals surface area contributed by atoms with E-state index in [2.05, 4.69) is 22.4 Å². The lowest BCUT2D eigenvalue weighted by Crippen LogP contribution is -2.32. The molecule has 1 aromatic heterocycles. The minimum absolute atomic E-state index is 0.344. The Labute approximate surface area is 164 Å². The Morgan fingerprint density at radius 1 is 1.18 bits per heavy atom. The summed E-state index contributed by atoms with van der Waals surface area (Å²) >= 11 is 0. The van der Waals surface area contributed by atoms with Gasteiger partial charge in [0, 0.05) is 33.7 Å². The molecule has 0 spiro atoms. The lowest BCUT2D eigenvalue weighted by atomic mass is 10.1. The molecular formula is C20H29N5O3. The van der Waals surface area contributed by atoms with E-state index < -0.39 is 5.69 Å². The van der Waals surface area contributed by atoms with E-state index in [1.165, 1.54) is 10.1 Å². The molecular weight excluding hydrogens is 358 g/mol. The van der Waals surface area contributed by atoms with Gasteiger partial charge in [0.15, 0.2) is 0 Å². The zero-order valence-electron chi connectivity index (χ0n) is 16.5. The van der Waals surface area contributed by atoms with Crippen molar-refractivity contribution in [1.82, 2.24) is 14.9 Å². The predicted octanol–water partition coefficient (Wildman–Crippen LogP) is 0.608. The molecule has 0 saturated carbocycles. The number of benzene rings is 1. The Hall–Kier alpha value is -2.58. The molecule has 3 N–H and O–H groups in total. The van der Waals surface area contributed by atoms with Crippen molar-refractivity contribution >= 4 is 11.5 Å². The summed E-state index contributed by atoms with van der Waals surface area (Å²) in [5.74, 6) is 0.668. The summed E-state index contributed by atoms with van der Waals surface area (Å²) in [6, 6.07) is 10.1. The molecule has 0 saturated heterocycles. The number of anilines is 2. The Balaban J connectivity index is 1.43. The molecule has 2 aromatic rings. The number of rotatable bonds is 9. The van der Waals surface area contributed by atoms with E-state index in [1.807, 2.05) is 35.0 Å². The van der Waals surface area contributed by atoms with Crippen LogP contribution in [0.25, 0.3) is 0 Å². The van der Waals surface area contributed by atoms with Crippen molar-refractivity contribution in [3.8, 4) is 0 Å². The van der Waals surface area contributed by atoms with E-state index in [9.17, 15) is 14.7 Å². The van der Waals surface area contributed by atoms with Gasteiger partial charge in [-0.1, -0.05) is 30.3 Å². The van der Waals surface area contributed by atoms with Crippen LogP contribution in [0.5, 0.6) is 0 Å². The quantitative estimate of drug-likeness (QED) is 0.546. The van der Waals surface area contributed by atoms with Crippen molar-refractivity contribution < 1.29 is 5.11 Å². The lowest BCUT2D eigenvalue weighted by molar-refractivity contribution is 0.158. The van der Waals surface area contributed by atoms with Crippen LogP contribution in [-0.2, 0) is 13.6 Å². The minimum atomic E-state index is -0.399. The van der Waals surface area contributed by atoms with Crippen LogP contribution in [0.4, 0.5) is 11.5 Å². The van der Waals surface area contributed by atoms with E-state index in [0.29, 0.717) is 31.1 Å². The smallest absolute Gasteiger partial charge is 0.329 e. The molecule has 0 aliphatic carbocycles. The van der Waals surface area contributed by atoms with Crippen molar-refractivity contribution in [2.75, 3.05) is 36.6 Å². The third-order valence-corrected chi connectivity index (χ3v) is 5.10. The first-order valence-electron chi connectivity index (χ1n) is 9.69. The first kappa shape index (κ1) is 20.2. The highest BCUT2D eigenvalue weighted by Gasteiger charge is 2.29. The van der Waals surface area contributed by atoms with Crippen molar-refractivity contribution in [2.24, 2.45) is 7.05 Å². The van der Waals surface area contributed by atoms with Crippen LogP contribution in [0.1, 0.15) is 24.8 Å². The normalized spacial score (nSPS) is 14.4. The molecule has 1 aliphatic heterocycles. The van der Waals surface area contributed by atoms with E-state index >= 15 is 0 Å². The molecule has 0 amide bonds. The van der Waals surface area contributed by atoms with Crippen LogP contribution in [0.3, 0.4) is 0 Å².